The van der Waals surface area contributed by atoms with Crippen LogP contribution in [0.25, 0.3) is 0 Å². The number of ether oxygens (including phenoxy) is 6. The molecule has 0 aliphatic heterocycles. The molecule has 0 aliphatic rings. The van der Waals surface area contributed by atoms with Gasteiger partial charge in [-0.1, -0.05) is 174 Å². The number of alkyl carbamates (subject to hydrolysis) is 1. The number of rotatable bonds is 52. The Labute approximate surface area is 457 Å². The molecule has 0 bridgehead atoms. The van der Waals surface area contributed by atoms with Crippen LogP contribution < -0.4 is 5.32 Å². The van der Waals surface area contributed by atoms with E-state index in [0.29, 0.717) is 68.7 Å². The van der Waals surface area contributed by atoms with E-state index in [0.717, 1.165) is 103 Å². The van der Waals surface area contributed by atoms with Gasteiger partial charge in [-0.05, 0) is 119 Å². The molecule has 12 nitrogen and oxygen atoms in total. The Morgan fingerprint density at radius 1 is 0.493 bits per heavy atom. The molecule has 0 radical (unpaired) electrons. The summed E-state index contributed by atoms with van der Waals surface area (Å²) >= 11 is 0. The Hall–Kier alpha value is -3.74. The van der Waals surface area contributed by atoms with E-state index in [1.807, 2.05) is 25.2 Å². The maximum atomic E-state index is 13.2. The van der Waals surface area contributed by atoms with E-state index in [1.165, 1.54) is 77.0 Å². The van der Waals surface area contributed by atoms with Gasteiger partial charge in [0, 0.05) is 45.6 Å². The Kier molecular flexibility index (Phi) is 47.1. The number of unbranched alkanes of at least 4 members (excludes halogenated alkanes) is 21. The summed E-state index contributed by atoms with van der Waals surface area (Å²) in [5.74, 6) is -1.02. The van der Waals surface area contributed by atoms with Gasteiger partial charge in [-0.3, -0.25) is 14.4 Å². The number of esters is 3. The van der Waals surface area contributed by atoms with Crippen LogP contribution in [0.15, 0.2) is 42.5 Å². The second-order valence-electron chi connectivity index (χ2n) is 20.6. The normalized spacial score (nSPS) is 12.1. The summed E-state index contributed by atoms with van der Waals surface area (Å²) in [6, 6.07) is 5.58. The fraction of sp³-hybridized carbons (Fsp3) is 0.778. The Morgan fingerprint density at radius 3 is 1.44 bits per heavy atom. The monoisotopic (exact) mass is 1050 g/mol. The van der Waals surface area contributed by atoms with Gasteiger partial charge in [0.15, 0.2) is 6.29 Å². The highest BCUT2D eigenvalue weighted by Crippen LogP contribution is 2.19. The molecule has 75 heavy (non-hydrogen) atoms. The number of likely N-dealkylation sites (N-methyl/N-ethyl adjacent to an activating group) is 1. The van der Waals surface area contributed by atoms with Crippen LogP contribution >= 0.6 is 0 Å². The van der Waals surface area contributed by atoms with Crippen molar-refractivity contribution in [2.24, 2.45) is 0 Å². The minimum atomic E-state index is -0.474. The lowest BCUT2D eigenvalue weighted by atomic mass is 10.1. The summed E-state index contributed by atoms with van der Waals surface area (Å²) in [6.07, 6.45) is 40.1. The first-order chi connectivity index (χ1) is 36.6. The van der Waals surface area contributed by atoms with E-state index in [-0.39, 0.29) is 44.6 Å². The number of carbonyl (C=O) groups is 4. The maximum Gasteiger partial charge on any atom is 0.407 e. The van der Waals surface area contributed by atoms with E-state index in [2.05, 4.69) is 69.1 Å². The van der Waals surface area contributed by atoms with Crippen molar-refractivity contribution in [1.29, 1.82) is 0 Å². The summed E-state index contributed by atoms with van der Waals surface area (Å²) in [5.41, 5.74) is 2.10. The molecular weight excluding hydrogens is 945 g/mol. The number of benzene rings is 1. The number of allylic oxidation sites excluding steroid dienone is 4. The zero-order valence-electron chi connectivity index (χ0n) is 48.7. The average molecular weight is 1060 g/mol. The number of nitrogens with one attached hydrogen (secondary N) is 1. The topological polar surface area (TPSA) is 139 Å². The van der Waals surface area contributed by atoms with Gasteiger partial charge in [-0.25, -0.2) is 4.79 Å². The van der Waals surface area contributed by atoms with Crippen molar-refractivity contribution >= 4 is 24.0 Å². The van der Waals surface area contributed by atoms with Crippen molar-refractivity contribution in [3.05, 3.63) is 59.2 Å². The smallest absolute Gasteiger partial charge is 0.407 e. The van der Waals surface area contributed by atoms with Gasteiger partial charge in [0.25, 0.3) is 0 Å². The summed E-state index contributed by atoms with van der Waals surface area (Å²) in [4.78, 5) is 54.1. The third-order valence-corrected chi connectivity index (χ3v) is 13.5. The molecule has 1 atom stereocenters. The summed E-state index contributed by atoms with van der Waals surface area (Å²) < 4.78 is 35.4. The number of hydrogen-bond donors (Lipinski definition) is 1. The van der Waals surface area contributed by atoms with Crippen molar-refractivity contribution < 1.29 is 47.6 Å². The molecule has 1 aromatic rings. The molecule has 0 heterocycles. The Balaban J connectivity index is 2.91. The van der Waals surface area contributed by atoms with E-state index in [4.69, 9.17) is 28.4 Å². The Bertz CT molecular complexity index is 1580. The predicted molar refractivity (Wildman–Crippen MR) is 306 cm³/mol. The van der Waals surface area contributed by atoms with Crippen LogP contribution in [0.3, 0.4) is 0 Å². The standard InChI is InChI=1S/C63H110N2O10/c1-7-12-16-20-23-24-25-26-27-28-29-30-31-32-36-40-59(66)72-52-55-49-56(53-73-60(67)42-41-58(39-35-19-15-10-4)75-63(69)64-45-46-65(6)11-5)51-57(50-55)54-74-61(68)43-44-62(70-47-37-33-21-17-13-8-2)71-48-38-34-22-18-14-9-3/h23-24,26-27,49-51,58,62H,7-22,25,28-48,52-54H2,1-6H3,(H,64,69)/b24-23-,27-26-. The first-order valence-electron chi connectivity index (χ1n) is 30.4. The van der Waals surface area contributed by atoms with Crippen molar-refractivity contribution in [2.75, 3.05) is 39.9 Å². The van der Waals surface area contributed by atoms with Crippen LogP contribution in [0.2, 0.25) is 0 Å². The molecule has 1 aromatic carbocycles. The molecule has 1 unspecified atom stereocenters. The highest BCUT2D eigenvalue weighted by Gasteiger charge is 2.18. The highest BCUT2D eigenvalue weighted by atomic mass is 16.7. The zero-order valence-corrected chi connectivity index (χ0v) is 48.7. The van der Waals surface area contributed by atoms with Crippen molar-refractivity contribution in [1.82, 2.24) is 10.2 Å². The van der Waals surface area contributed by atoms with Crippen molar-refractivity contribution in [2.45, 2.75) is 279 Å². The zero-order chi connectivity index (χ0) is 54.7. The third-order valence-electron chi connectivity index (χ3n) is 13.5. The SMILES string of the molecule is CCCCC/C=C\C/C=C\CCCCCCCC(=O)OCc1cc(COC(=O)CCC(CCCCCC)OC(=O)NCCN(C)CC)cc(COC(=O)CCC(OCCCCCCCC)OCCCCCCCC)c1. The largest absolute Gasteiger partial charge is 0.461 e. The fourth-order valence-corrected chi connectivity index (χ4v) is 8.56. The molecule has 1 rings (SSSR count). The number of hydrogen-bond acceptors (Lipinski definition) is 11. The van der Waals surface area contributed by atoms with Gasteiger partial charge < -0.3 is 38.6 Å². The van der Waals surface area contributed by atoms with Gasteiger partial charge in [0.05, 0.1) is 6.42 Å². The lowest BCUT2D eigenvalue weighted by molar-refractivity contribution is -0.160. The van der Waals surface area contributed by atoms with Gasteiger partial charge in [-0.15, -0.1) is 0 Å². The van der Waals surface area contributed by atoms with Gasteiger partial charge in [-0.2, -0.15) is 0 Å². The molecule has 0 fully saturated rings. The molecule has 0 spiro atoms. The van der Waals surface area contributed by atoms with E-state index in [9.17, 15) is 19.2 Å². The Morgan fingerprint density at radius 2 is 0.920 bits per heavy atom. The van der Waals surface area contributed by atoms with E-state index in [1.54, 1.807) is 0 Å². The second kappa shape index (κ2) is 51.0. The second-order valence-corrected chi connectivity index (χ2v) is 20.6. The number of amides is 1. The summed E-state index contributed by atoms with van der Waals surface area (Å²) in [5, 5.41) is 2.84. The lowest BCUT2D eigenvalue weighted by Gasteiger charge is -2.19. The molecule has 1 amide bonds. The lowest BCUT2D eigenvalue weighted by Crippen LogP contribution is -2.35. The number of carbonyl (C=O) groups excluding carboxylic acids is 4. The van der Waals surface area contributed by atoms with Crippen LogP contribution in [0.4, 0.5) is 4.79 Å². The molecule has 432 valence electrons. The molecule has 0 saturated carbocycles. The molecule has 12 heteroatoms. The minimum absolute atomic E-state index is 0.00325. The first-order valence-corrected chi connectivity index (χ1v) is 30.4. The third kappa shape index (κ3) is 44.0. The van der Waals surface area contributed by atoms with Crippen molar-refractivity contribution in [3.8, 4) is 0 Å². The van der Waals surface area contributed by atoms with Crippen molar-refractivity contribution in [3.63, 3.8) is 0 Å². The van der Waals surface area contributed by atoms with Crippen LogP contribution in [0, 0.1) is 0 Å². The van der Waals surface area contributed by atoms with Gasteiger partial charge in [0.1, 0.15) is 25.9 Å². The van der Waals surface area contributed by atoms with Crippen LogP contribution in [-0.2, 0) is 62.6 Å². The van der Waals surface area contributed by atoms with Crippen LogP contribution in [0.5, 0.6) is 0 Å². The molecule has 0 aliphatic carbocycles. The average Bonchev–Trinajstić information content (AvgIpc) is 3.41. The van der Waals surface area contributed by atoms with E-state index < -0.39 is 24.5 Å². The van der Waals surface area contributed by atoms with Gasteiger partial charge in [0.2, 0.25) is 0 Å². The van der Waals surface area contributed by atoms with Crippen LogP contribution in [0.1, 0.15) is 263 Å². The molecular formula is C63H110N2O10. The predicted octanol–water partition coefficient (Wildman–Crippen LogP) is 16.3. The maximum absolute atomic E-state index is 13.2. The van der Waals surface area contributed by atoms with Crippen LogP contribution in [-0.4, -0.2) is 81.2 Å². The molecule has 0 aromatic heterocycles. The number of nitrogens with zero attached hydrogens (tertiary/aromatic N) is 1. The highest BCUT2D eigenvalue weighted by molar-refractivity contribution is 5.70. The minimum Gasteiger partial charge on any atom is -0.461 e. The molecule has 1 N–H and O–H groups in total. The van der Waals surface area contributed by atoms with E-state index >= 15 is 0 Å². The fourth-order valence-electron chi connectivity index (χ4n) is 8.56. The first kappa shape index (κ1) is 69.3. The quantitative estimate of drug-likeness (QED) is 0.0219. The summed E-state index contributed by atoms with van der Waals surface area (Å²) in [7, 11) is 2.00. The molecule has 0 saturated heterocycles. The summed E-state index contributed by atoms with van der Waals surface area (Å²) in [6.45, 7) is 14.2. The van der Waals surface area contributed by atoms with Gasteiger partial charge >= 0.3 is 24.0 Å².